The van der Waals surface area contributed by atoms with Crippen molar-refractivity contribution in [3.8, 4) is 5.75 Å². The number of ether oxygens (including phenoxy) is 2. The molecule has 0 heterocycles. The second kappa shape index (κ2) is 8.93. The van der Waals surface area contributed by atoms with E-state index >= 15 is 0 Å². The predicted molar refractivity (Wildman–Crippen MR) is 79.4 cm³/mol. The Labute approximate surface area is 178 Å². The molecule has 0 aliphatic rings. The molecule has 0 aliphatic heterocycles. The Morgan fingerprint density at radius 1 is 1.17 bits per heavy atom. The smallest absolute Gasteiger partial charge is 1.00 e. The van der Waals surface area contributed by atoms with Crippen molar-refractivity contribution < 1.29 is 80.0 Å². The molecule has 0 saturated carbocycles. The van der Waals surface area contributed by atoms with Crippen LogP contribution < -0.4 is 56.1 Å². The fourth-order valence-electron chi connectivity index (χ4n) is 1.73. The molecule has 0 aromatic heterocycles. The van der Waals surface area contributed by atoms with Crippen molar-refractivity contribution in [1.82, 2.24) is 0 Å². The first kappa shape index (κ1) is 20.3. The first-order chi connectivity index (χ1) is 10.4. The molecule has 118 valence electrons. The molecule has 0 fully saturated rings. The molecule has 0 bridgehead atoms. The van der Waals surface area contributed by atoms with Crippen LogP contribution in [0.25, 0.3) is 0 Å². The molecule has 0 saturated heterocycles. The van der Waals surface area contributed by atoms with Gasteiger partial charge in [-0.1, -0.05) is 30.3 Å². The van der Waals surface area contributed by atoms with E-state index in [2.05, 4.69) is 0 Å². The van der Waals surface area contributed by atoms with Gasteiger partial charge in [0, 0.05) is 0 Å². The van der Waals surface area contributed by atoms with Gasteiger partial charge in [0.2, 0.25) is 0 Å². The minimum atomic E-state index is -4.29. The molecule has 1 N–H and O–H groups in total. The van der Waals surface area contributed by atoms with Crippen molar-refractivity contribution in [3.63, 3.8) is 0 Å². The molecule has 6 nitrogen and oxygen atoms in total. The normalized spacial score (nSPS) is 10.5. The van der Waals surface area contributed by atoms with Crippen molar-refractivity contribution >= 4 is 16.3 Å². The molecule has 0 aliphatic carbocycles. The van der Waals surface area contributed by atoms with Crippen molar-refractivity contribution in [3.05, 3.63) is 59.7 Å². The molecule has 0 radical (unpaired) electrons. The van der Waals surface area contributed by atoms with Crippen LogP contribution in [0, 0.1) is 6.92 Å². The number of carbonyl (C=O) groups excluding carboxylic acids is 1. The third kappa shape index (κ3) is 6.34. The fourth-order valence-corrected chi connectivity index (χ4v) is 2.30. The van der Waals surface area contributed by atoms with Crippen LogP contribution >= 0.6 is 0 Å². The van der Waals surface area contributed by atoms with E-state index in [1.165, 1.54) is 12.1 Å². The van der Waals surface area contributed by atoms with Gasteiger partial charge in [0.1, 0.15) is 12.4 Å². The van der Waals surface area contributed by atoms with Crippen LogP contribution in [0.2, 0.25) is 0 Å². The van der Waals surface area contributed by atoms with Crippen molar-refractivity contribution in [2.45, 2.75) is 18.4 Å². The molecule has 0 unspecified atom stereocenters. The summed E-state index contributed by atoms with van der Waals surface area (Å²) >= 11 is 0. The first-order valence-corrected chi connectivity index (χ1v) is 7.77. The Hall–Kier alpha value is -0.744. The molecule has 23 heavy (non-hydrogen) atoms. The molecule has 8 heteroatoms. The Morgan fingerprint density at radius 3 is 2.39 bits per heavy atom. The van der Waals surface area contributed by atoms with Gasteiger partial charge in [-0.15, -0.1) is 0 Å². The molecule has 0 spiro atoms. The zero-order valence-corrected chi connectivity index (χ0v) is 16.7. The molecular weight excluding hydrogens is 347 g/mol. The summed E-state index contributed by atoms with van der Waals surface area (Å²) in [5.74, 6) is 0.158. The van der Waals surface area contributed by atoms with E-state index in [-0.39, 0.29) is 70.1 Å². The van der Waals surface area contributed by atoms with E-state index in [0.717, 1.165) is 11.6 Å². The zero-order chi connectivity index (χ0) is 16.2. The molecule has 0 amide bonds. The van der Waals surface area contributed by atoms with Gasteiger partial charge in [-0.2, -0.15) is 8.42 Å². The number of benzene rings is 2. The summed E-state index contributed by atoms with van der Waals surface area (Å²) in [4.78, 5) is 11.3. The van der Waals surface area contributed by atoms with E-state index in [1.807, 2.05) is 18.2 Å². The standard InChI is InChI=1S/C15H14O6S.K.H/c1-11-9-13(22(17,18)19)7-8-14(11)21-15(16)20-10-12-5-3-2-4-6-12;;/h2-9H,10H2,1H3,(H,17,18,19);;/q;+1;-1. The van der Waals surface area contributed by atoms with Gasteiger partial charge in [-0.05, 0) is 36.2 Å². The average Bonchev–Trinajstić information content (AvgIpc) is 2.47. The van der Waals surface area contributed by atoms with E-state index in [9.17, 15) is 13.2 Å². The van der Waals surface area contributed by atoms with Crippen molar-refractivity contribution in [1.29, 1.82) is 0 Å². The van der Waals surface area contributed by atoms with Crippen LogP contribution in [-0.2, 0) is 21.5 Å². The molecular formula is C15H15KO6S. The summed E-state index contributed by atoms with van der Waals surface area (Å²) in [6.07, 6.45) is -0.897. The number of aryl methyl sites for hydroxylation is 1. The van der Waals surface area contributed by atoms with E-state index < -0.39 is 16.3 Å². The minimum Gasteiger partial charge on any atom is -1.00 e. The van der Waals surface area contributed by atoms with Gasteiger partial charge in [0.25, 0.3) is 10.1 Å². The fraction of sp³-hybridized carbons (Fsp3) is 0.133. The third-order valence-corrected chi connectivity index (χ3v) is 3.69. The van der Waals surface area contributed by atoms with E-state index in [0.29, 0.717) is 5.56 Å². The maximum absolute atomic E-state index is 11.6. The Kier molecular flexibility index (Phi) is 7.88. The van der Waals surface area contributed by atoms with Gasteiger partial charge >= 0.3 is 57.5 Å². The van der Waals surface area contributed by atoms with Crippen LogP contribution in [0.3, 0.4) is 0 Å². The monoisotopic (exact) mass is 362 g/mol. The summed E-state index contributed by atoms with van der Waals surface area (Å²) in [6.45, 7) is 1.62. The Bertz CT molecular complexity index is 780. The number of rotatable bonds is 4. The van der Waals surface area contributed by atoms with E-state index in [1.54, 1.807) is 19.1 Å². The molecule has 2 rings (SSSR count). The number of hydrogen-bond donors (Lipinski definition) is 1. The van der Waals surface area contributed by atoms with Gasteiger partial charge < -0.3 is 10.9 Å². The van der Waals surface area contributed by atoms with Crippen LogP contribution in [0.4, 0.5) is 4.79 Å². The minimum absolute atomic E-state index is 0. The number of hydrogen-bond acceptors (Lipinski definition) is 5. The van der Waals surface area contributed by atoms with Crippen LogP contribution in [-0.4, -0.2) is 19.1 Å². The zero-order valence-electron chi connectivity index (χ0n) is 13.7. The summed E-state index contributed by atoms with van der Waals surface area (Å²) in [7, 11) is -4.29. The van der Waals surface area contributed by atoms with Crippen molar-refractivity contribution in [2.24, 2.45) is 0 Å². The van der Waals surface area contributed by atoms with Crippen molar-refractivity contribution in [2.75, 3.05) is 0 Å². The van der Waals surface area contributed by atoms with Gasteiger partial charge in [0.15, 0.2) is 0 Å². The summed E-state index contributed by atoms with van der Waals surface area (Å²) in [5, 5.41) is 0. The third-order valence-electron chi connectivity index (χ3n) is 2.84. The second-order valence-corrected chi connectivity index (χ2v) is 5.95. The molecule has 0 atom stereocenters. The topological polar surface area (TPSA) is 89.9 Å². The second-order valence-electron chi connectivity index (χ2n) is 4.53. The quantitative estimate of drug-likeness (QED) is 0.358. The summed E-state index contributed by atoms with van der Waals surface area (Å²) < 4.78 is 40.9. The maximum atomic E-state index is 11.6. The predicted octanol–water partition coefficient (Wildman–Crippen LogP) is 0.0738. The van der Waals surface area contributed by atoms with Gasteiger partial charge in [-0.25, -0.2) is 4.79 Å². The van der Waals surface area contributed by atoms with Crippen LogP contribution in [0.5, 0.6) is 5.75 Å². The molecule has 2 aromatic rings. The summed E-state index contributed by atoms with van der Waals surface area (Å²) in [6, 6.07) is 12.7. The first-order valence-electron chi connectivity index (χ1n) is 6.33. The van der Waals surface area contributed by atoms with Crippen LogP contribution in [0.1, 0.15) is 12.6 Å². The summed E-state index contributed by atoms with van der Waals surface area (Å²) in [5.41, 5.74) is 1.20. The Balaban J connectivity index is 0.00000264. The van der Waals surface area contributed by atoms with Gasteiger partial charge in [-0.3, -0.25) is 4.55 Å². The average molecular weight is 362 g/mol. The maximum Gasteiger partial charge on any atom is 1.00 e. The largest absolute Gasteiger partial charge is 1.00 e. The van der Waals surface area contributed by atoms with Crippen LogP contribution in [0.15, 0.2) is 53.4 Å². The van der Waals surface area contributed by atoms with E-state index in [4.69, 9.17) is 14.0 Å². The Morgan fingerprint density at radius 2 is 1.83 bits per heavy atom. The SMILES string of the molecule is Cc1cc(S(=O)(=O)O)ccc1OC(=O)OCc1ccccc1.[H-].[K+]. The van der Waals surface area contributed by atoms with Gasteiger partial charge in [0.05, 0.1) is 4.90 Å². The number of carbonyl (C=O) groups is 1. The molecule has 2 aromatic carbocycles.